The molecule has 2 aromatic carbocycles. The molecule has 1 aliphatic heterocycles. The summed E-state index contributed by atoms with van der Waals surface area (Å²) in [6.07, 6.45) is 1.05. The highest BCUT2D eigenvalue weighted by molar-refractivity contribution is 9.10. The van der Waals surface area contributed by atoms with Crippen molar-refractivity contribution < 1.29 is 9.84 Å². The van der Waals surface area contributed by atoms with Crippen molar-refractivity contribution in [3.8, 4) is 5.75 Å². The normalized spacial score (nSPS) is 21.6. The Morgan fingerprint density at radius 2 is 1.95 bits per heavy atom. The molecule has 1 N–H and O–H groups in total. The van der Waals surface area contributed by atoms with Crippen LogP contribution in [0.1, 0.15) is 23.7 Å². The van der Waals surface area contributed by atoms with Crippen molar-refractivity contribution in [2.45, 2.75) is 25.0 Å². The molecule has 3 heteroatoms. The van der Waals surface area contributed by atoms with Gasteiger partial charge in [0.15, 0.2) is 0 Å². The first-order chi connectivity index (χ1) is 9.22. The van der Waals surface area contributed by atoms with E-state index in [4.69, 9.17) is 4.74 Å². The number of hydrogen-bond donors (Lipinski definition) is 1. The molecule has 0 unspecified atom stereocenters. The molecule has 1 heterocycles. The van der Waals surface area contributed by atoms with Crippen LogP contribution in [0.3, 0.4) is 0 Å². The van der Waals surface area contributed by atoms with E-state index in [0.717, 1.165) is 22.2 Å². The van der Waals surface area contributed by atoms with E-state index in [2.05, 4.69) is 28.1 Å². The monoisotopic (exact) mass is 318 g/mol. The van der Waals surface area contributed by atoms with E-state index >= 15 is 0 Å². The smallest absolute Gasteiger partial charge is 0.125 e. The zero-order valence-corrected chi connectivity index (χ0v) is 12.0. The molecular weight excluding hydrogens is 304 g/mol. The molecule has 0 spiro atoms. The molecule has 0 aliphatic carbocycles. The van der Waals surface area contributed by atoms with Gasteiger partial charge in [0.05, 0.1) is 6.10 Å². The van der Waals surface area contributed by atoms with Crippen LogP contribution in [0.15, 0.2) is 53.0 Å². The lowest BCUT2D eigenvalue weighted by atomic mass is 9.95. The Kier molecular flexibility index (Phi) is 3.58. The van der Waals surface area contributed by atoms with Crippen molar-refractivity contribution in [2.24, 2.45) is 0 Å². The number of aliphatic hydroxyl groups is 1. The number of ether oxygens (including phenoxy) is 1. The van der Waals surface area contributed by atoms with Crippen molar-refractivity contribution in [3.05, 3.63) is 64.1 Å². The molecule has 0 saturated heterocycles. The van der Waals surface area contributed by atoms with E-state index in [1.165, 1.54) is 5.56 Å². The molecule has 2 nitrogen and oxygen atoms in total. The minimum Gasteiger partial charge on any atom is -0.490 e. The third kappa shape index (κ3) is 2.82. The molecule has 0 fully saturated rings. The first-order valence-corrected chi connectivity index (χ1v) is 7.20. The molecule has 3 rings (SSSR count). The third-order valence-electron chi connectivity index (χ3n) is 3.42. The number of halogens is 1. The van der Waals surface area contributed by atoms with Gasteiger partial charge in [0.2, 0.25) is 0 Å². The molecular formula is C16H15BrO2. The average molecular weight is 319 g/mol. The second kappa shape index (κ2) is 5.35. The van der Waals surface area contributed by atoms with Gasteiger partial charge in [0.1, 0.15) is 11.9 Å². The predicted octanol–water partition coefficient (Wildman–Crippen LogP) is 3.88. The summed E-state index contributed by atoms with van der Waals surface area (Å²) in [7, 11) is 0. The van der Waals surface area contributed by atoms with E-state index in [-0.39, 0.29) is 6.10 Å². The van der Waals surface area contributed by atoms with E-state index in [0.29, 0.717) is 6.42 Å². The molecule has 2 aromatic rings. The van der Waals surface area contributed by atoms with Crippen LogP contribution in [0.25, 0.3) is 0 Å². The Labute approximate surface area is 121 Å². The van der Waals surface area contributed by atoms with Crippen LogP contribution in [0, 0.1) is 0 Å². The van der Waals surface area contributed by atoms with Crippen LogP contribution in [0.4, 0.5) is 0 Å². The van der Waals surface area contributed by atoms with Crippen LogP contribution in [-0.2, 0) is 6.42 Å². The maximum absolute atomic E-state index is 10.2. The van der Waals surface area contributed by atoms with E-state index in [1.54, 1.807) is 0 Å². The molecule has 0 aromatic heterocycles. The quantitative estimate of drug-likeness (QED) is 0.910. The highest BCUT2D eigenvalue weighted by Crippen LogP contribution is 2.37. The minimum atomic E-state index is -0.449. The zero-order valence-electron chi connectivity index (χ0n) is 10.4. The number of aliphatic hydroxyl groups excluding tert-OH is 1. The van der Waals surface area contributed by atoms with Crippen LogP contribution in [0.5, 0.6) is 5.75 Å². The summed E-state index contributed by atoms with van der Waals surface area (Å²) in [5.74, 6) is 0.794. The van der Waals surface area contributed by atoms with Crippen LogP contribution >= 0.6 is 15.9 Å². The number of hydrogen-bond acceptors (Lipinski definition) is 2. The van der Waals surface area contributed by atoms with Gasteiger partial charge in [-0.1, -0.05) is 46.3 Å². The Morgan fingerprint density at radius 3 is 2.74 bits per heavy atom. The standard InChI is InChI=1S/C16H15BrO2/c17-12-6-7-16-14(9-12)15(18)10-13(19-16)8-11-4-2-1-3-5-11/h1-7,9,13,15,18H,8,10H2/t13-,15+/m0/s1. The fourth-order valence-corrected chi connectivity index (χ4v) is 2.87. The Hall–Kier alpha value is -1.32. The van der Waals surface area contributed by atoms with Crippen molar-refractivity contribution in [3.63, 3.8) is 0 Å². The molecule has 0 radical (unpaired) electrons. The highest BCUT2D eigenvalue weighted by atomic mass is 79.9. The minimum absolute atomic E-state index is 0.0334. The maximum Gasteiger partial charge on any atom is 0.125 e. The van der Waals surface area contributed by atoms with Crippen molar-refractivity contribution in [2.75, 3.05) is 0 Å². The Bertz CT molecular complexity index is 568. The Balaban J connectivity index is 1.80. The first-order valence-electron chi connectivity index (χ1n) is 6.40. The maximum atomic E-state index is 10.2. The Morgan fingerprint density at radius 1 is 1.16 bits per heavy atom. The van der Waals surface area contributed by atoms with Crippen LogP contribution in [0.2, 0.25) is 0 Å². The van der Waals surface area contributed by atoms with Gasteiger partial charge >= 0.3 is 0 Å². The van der Waals surface area contributed by atoms with Gasteiger partial charge in [0.25, 0.3) is 0 Å². The lowest BCUT2D eigenvalue weighted by Gasteiger charge is -2.30. The third-order valence-corrected chi connectivity index (χ3v) is 3.91. The van der Waals surface area contributed by atoms with Gasteiger partial charge < -0.3 is 9.84 Å². The lowest BCUT2D eigenvalue weighted by Crippen LogP contribution is -2.27. The molecule has 0 bridgehead atoms. The van der Waals surface area contributed by atoms with E-state index < -0.39 is 6.10 Å². The summed E-state index contributed by atoms with van der Waals surface area (Å²) in [6.45, 7) is 0. The van der Waals surface area contributed by atoms with E-state index in [1.807, 2.05) is 36.4 Å². The van der Waals surface area contributed by atoms with Gasteiger partial charge in [-0.3, -0.25) is 0 Å². The molecule has 1 aliphatic rings. The number of fused-ring (bicyclic) bond motifs is 1. The van der Waals surface area contributed by atoms with E-state index in [9.17, 15) is 5.11 Å². The zero-order chi connectivity index (χ0) is 13.2. The van der Waals surface area contributed by atoms with Crippen molar-refractivity contribution >= 4 is 15.9 Å². The molecule has 0 saturated carbocycles. The second-order valence-corrected chi connectivity index (χ2v) is 5.78. The SMILES string of the molecule is O[C@@H]1C[C@H](Cc2ccccc2)Oc2ccc(Br)cc21. The van der Waals surface area contributed by atoms with Gasteiger partial charge in [-0.15, -0.1) is 0 Å². The average Bonchev–Trinajstić information content (AvgIpc) is 2.41. The van der Waals surface area contributed by atoms with Gasteiger partial charge in [-0.2, -0.15) is 0 Å². The van der Waals surface area contributed by atoms with Crippen molar-refractivity contribution in [1.82, 2.24) is 0 Å². The fourth-order valence-electron chi connectivity index (χ4n) is 2.49. The predicted molar refractivity (Wildman–Crippen MR) is 78.3 cm³/mol. The summed E-state index contributed by atoms with van der Waals surface area (Å²) >= 11 is 3.42. The second-order valence-electron chi connectivity index (χ2n) is 4.86. The number of rotatable bonds is 2. The molecule has 2 atom stereocenters. The summed E-state index contributed by atoms with van der Waals surface area (Å²) in [5, 5.41) is 10.2. The molecule has 98 valence electrons. The van der Waals surface area contributed by atoms with Gasteiger partial charge in [0, 0.05) is 22.9 Å². The van der Waals surface area contributed by atoms with Crippen LogP contribution < -0.4 is 4.74 Å². The lowest BCUT2D eigenvalue weighted by molar-refractivity contribution is 0.0662. The summed E-state index contributed by atoms with van der Waals surface area (Å²) < 4.78 is 6.95. The fraction of sp³-hybridized carbons (Fsp3) is 0.250. The highest BCUT2D eigenvalue weighted by Gasteiger charge is 2.27. The van der Waals surface area contributed by atoms with Gasteiger partial charge in [-0.05, 0) is 23.8 Å². The molecule has 19 heavy (non-hydrogen) atoms. The summed E-state index contributed by atoms with van der Waals surface area (Å²) in [4.78, 5) is 0. The van der Waals surface area contributed by atoms with Crippen molar-refractivity contribution in [1.29, 1.82) is 0 Å². The largest absolute Gasteiger partial charge is 0.490 e. The number of benzene rings is 2. The first kappa shape index (κ1) is 12.7. The summed E-state index contributed by atoms with van der Waals surface area (Å²) in [6, 6.07) is 16.0. The van der Waals surface area contributed by atoms with Crippen LogP contribution in [-0.4, -0.2) is 11.2 Å². The summed E-state index contributed by atoms with van der Waals surface area (Å²) in [5.41, 5.74) is 2.11. The van der Waals surface area contributed by atoms with Gasteiger partial charge in [-0.25, -0.2) is 0 Å². The topological polar surface area (TPSA) is 29.5 Å². The molecule has 0 amide bonds.